The van der Waals surface area contributed by atoms with Gasteiger partial charge in [0.2, 0.25) is 0 Å². The number of hydrogen-bond donors (Lipinski definition) is 0. The summed E-state index contributed by atoms with van der Waals surface area (Å²) in [7, 11) is 0. The number of halogens is 2. The van der Waals surface area contributed by atoms with Crippen molar-refractivity contribution in [3.8, 4) is 6.07 Å². The topological polar surface area (TPSA) is 23.8 Å². The van der Waals surface area contributed by atoms with Gasteiger partial charge in [-0.15, -0.1) is 0 Å². The Labute approximate surface area is 84.6 Å². The molecule has 13 heavy (non-hydrogen) atoms. The summed E-state index contributed by atoms with van der Waals surface area (Å²) in [4.78, 5) is 0. The molecule has 0 fully saturated rings. The van der Waals surface area contributed by atoms with Crippen LogP contribution in [0.2, 0.25) is 0 Å². The van der Waals surface area contributed by atoms with Crippen LogP contribution >= 0.6 is 15.9 Å². The quantitative estimate of drug-likeness (QED) is 0.775. The normalized spacial score (nSPS) is 10.2. The molecular formula is C10H7BrFN. The first-order valence-corrected chi connectivity index (χ1v) is 4.52. The highest BCUT2D eigenvalue weighted by Crippen LogP contribution is 2.19. The molecule has 1 nitrogen and oxygen atoms in total. The molecule has 0 atom stereocenters. The minimum absolute atomic E-state index is 0.278. The van der Waals surface area contributed by atoms with E-state index < -0.39 is 0 Å². The molecule has 0 aliphatic carbocycles. The molecule has 66 valence electrons. The highest BCUT2D eigenvalue weighted by Gasteiger charge is 1.96. The van der Waals surface area contributed by atoms with Crippen LogP contribution in [0.25, 0.3) is 6.08 Å². The predicted octanol–water partition coefficient (Wildman–Crippen LogP) is 3.52. The van der Waals surface area contributed by atoms with Crippen molar-refractivity contribution < 1.29 is 4.39 Å². The van der Waals surface area contributed by atoms with E-state index in [1.54, 1.807) is 18.2 Å². The number of benzene rings is 1. The zero-order valence-electron chi connectivity index (χ0n) is 6.80. The van der Waals surface area contributed by atoms with Crippen LogP contribution in [0.4, 0.5) is 4.39 Å². The molecule has 0 saturated heterocycles. The Balaban J connectivity index is 2.88. The van der Waals surface area contributed by atoms with Gasteiger partial charge in [-0.25, -0.2) is 4.39 Å². The summed E-state index contributed by atoms with van der Waals surface area (Å²) in [6.45, 7) is 0. The lowest BCUT2D eigenvalue weighted by molar-refractivity contribution is 0.627. The summed E-state index contributed by atoms with van der Waals surface area (Å²) in [6, 6.07) is 6.41. The van der Waals surface area contributed by atoms with E-state index in [9.17, 15) is 4.39 Å². The standard InChI is InChI=1S/C10H7BrFN/c11-10-5-4-9(12)7-8(10)3-1-2-6-13/h1,3-5,7H,2H2. The van der Waals surface area contributed by atoms with Crippen molar-refractivity contribution >= 4 is 22.0 Å². The van der Waals surface area contributed by atoms with Crippen LogP contribution in [0.3, 0.4) is 0 Å². The molecule has 0 aliphatic rings. The van der Waals surface area contributed by atoms with Crippen LogP contribution in [0.15, 0.2) is 28.7 Å². The van der Waals surface area contributed by atoms with Crippen LogP contribution in [-0.4, -0.2) is 0 Å². The summed E-state index contributed by atoms with van der Waals surface area (Å²) in [5.41, 5.74) is 0.746. The molecule has 1 aromatic carbocycles. The van der Waals surface area contributed by atoms with Crippen LogP contribution in [0.5, 0.6) is 0 Å². The molecular weight excluding hydrogens is 233 g/mol. The van der Waals surface area contributed by atoms with Crippen molar-refractivity contribution in [2.45, 2.75) is 6.42 Å². The first-order chi connectivity index (χ1) is 6.24. The lowest BCUT2D eigenvalue weighted by Crippen LogP contribution is -1.78. The van der Waals surface area contributed by atoms with Gasteiger partial charge < -0.3 is 0 Å². The summed E-state index contributed by atoms with van der Waals surface area (Å²) >= 11 is 3.28. The van der Waals surface area contributed by atoms with E-state index in [-0.39, 0.29) is 5.82 Å². The van der Waals surface area contributed by atoms with Gasteiger partial charge in [0.1, 0.15) is 5.82 Å². The van der Waals surface area contributed by atoms with Crippen LogP contribution in [-0.2, 0) is 0 Å². The Bertz CT molecular complexity index is 366. The van der Waals surface area contributed by atoms with Gasteiger partial charge in [-0.2, -0.15) is 5.26 Å². The molecule has 0 spiro atoms. The highest BCUT2D eigenvalue weighted by atomic mass is 79.9. The Morgan fingerprint density at radius 2 is 2.31 bits per heavy atom. The van der Waals surface area contributed by atoms with Gasteiger partial charge in [0.15, 0.2) is 0 Å². The van der Waals surface area contributed by atoms with Gasteiger partial charge in [-0.3, -0.25) is 0 Å². The van der Waals surface area contributed by atoms with E-state index in [1.807, 2.05) is 6.07 Å². The molecule has 0 radical (unpaired) electrons. The number of nitriles is 1. The average Bonchev–Trinajstić information content (AvgIpc) is 2.11. The average molecular weight is 240 g/mol. The summed E-state index contributed by atoms with van der Waals surface area (Å²) in [5, 5.41) is 8.28. The lowest BCUT2D eigenvalue weighted by atomic mass is 10.2. The third-order valence-electron chi connectivity index (χ3n) is 1.46. The number of rotatable bonds is 2. The zero-order chi connectivity index (χ0) is 9.68. The van der Waals surface area contributed by atoms with Gasteiger partial charge in [0.25, 0.3) is 0 Å². The summed E-state index contributed by atoms with van der Waals surface area (Å²) in [5.74, 6) is -0.278. The van der Waals surface area contributed by atoms with E-state index >= 15 is 0 Å². The largest absolute Gasteiger partial charge is 0.207 e. The molecule has 0 saturated carbocycles. The van der Waals surface area contributed by atoms with E-state index in [4.69, 9.17) is 5.26 Å². The molecule has 0 aromatic heterocycles. The highest BCUT2D eigenvalue weighted by molar-refractivity contribution is 9.10. The maximum absolute atomic E-state index is 12.7. The molecule has 0 aliphatic heterocycles. The predicted molar refractivity (Wildman–Crippen MR) is 53.4 cm³/mol. The Kier molecular flexibility index (Phi) is 3.66. The van der Waals surface area contributed by atoms with Crippen LogP contribution < -0.4 is 0 Å². The molecule has 3 heteroatoms. The lowest BCUT2D eigenvalue weighted by Gasteiger charge is -1.97. The first-order valence-electron chi connectivity index (χ1n) is 3.72. The molecule has 1 rings (SSSR count). The van der Waals surface area contributed by atoms with E-state index in [0.717, 1.165) is 10.0 Å². The van der Waals surface area contributed by atoms with Crippen molar-refractivity contribution in [2.24, 2.45) is 0 Å². The SMILES string of the molecule is N#CCC=Cc1cc(F)ccc1Br. The second-order valence-electron chi connectivity index (χ2n) is 2.43. The third-order valence-corrected chi connectivity index (χ3v) is 2.19. The second kappa shape index (κ2) is 4.78. The van der Waals surface area contributed by atoms with Gasteiger partial charge in [-0.05, 0) is 23.8 Å². The monoisotopic (exact) mass is 239 g/mol. The Hall–Kier alpha value is -1.14. The van der Waals surface area contributed by atoms with Gasteiger partial charge >= 0.3 is 0 Å². The minimum Gasteiger partial charge on any atom is -0.207 e. The van der Waals surface area contributed by atoms with Crippen molar-refractivity contribution in [1.82, 2.24) is 0 Å². The Morgan fingerprint density at radius 3 is 3.00 bits per heavy atom. The van der Waals surface area contributed by atoms with Crippen LogP contribution in [0.1, 0.15) is 12.0 Å². The van der Waals surface area contributed by atoms with Gasteiger partial charge in [0, 0.05) is 4.47 Å². The minimum atomic E-state index is -0.278. The molecule has 1 aromatic rings. The van der Waals surface area contributed by atoms with Crippen LogP contribution in [0, 0.1) is 17.1 Å². The summed E-state index contributed by atoms with van der Waals surface area (Å²) in [6.07, 6.45) is 3.75. The molecule has 0 N–H and O–H groups in total. The Morgan fingerprint density at radius 1 is 1.54 bits per heavy atom. The molecule has 0 amide bonds. The maximum atomic E-state index is 12.7. The van der Waals surface area contributed by atoms with Crippen molar-refractivity contribution in [2.75, 3.05) is 0 Å². The van der Waals surface area contributed by atoms with E-state index in [1.165, 1.54) is 12.1 Å². The third kappa shape index (κ3) is 3.00. The smallest absolute Gasteiger partial charge is 0.123 e. The molecule has 0 unspecified atom stereocenters. The second-order valence-corrected chi connectivity index (χ2v) is 3.28. The molecule has 0 heterocycles. The van der Waals surface area contributed by atoms with Crippen molar-refractivity contribution in [3.05, 3.63) is 40.1 Å². The first kappa shape index (κ1) is 9.94. The van der Waals surface area contributed by atoms with Crippen molar-refractivity contribution in [1.29, 1.82) is 5.26 Å². The maximum Gasteiger partial charge on any atom is 0.123 e. The fourth-order valence-electron chi connectivity index (χ4n) is 0.881. The van der Waals surface area contributed by atoms with Gasteiger partial charge in [-0.1, -0.05) is 28.1 Å². The fourth-order valence-corrected chi connectivity index (χ4v) is 1.26. The number of nitrogens with zero attached hydrogens (tertiary/aromatic N) is 1. The van der Waals surface area contributed by atoms with Crippen molar-refractivity contribution in [3.63, 3.8) is 0 Å². The van der Waals surface area contributed by atoms with E-state index in [0.29, 0.717) is 6.42 Å². The van der Waals surface area contributed by atoms with Gasteiger partial charge in [0.05, 0.1) is 12.5 Å². The molecule has 0 bridgehead atoms. The zero-order valence-corrected chi connectivity index (χ0v) is 8.38. The number of allylic oxidation sites excluding steroid dienone is 1. The fraction of sp³-hybridized carbons (Fsp3) is 0.100. The summed E-state index contributed by atoms with van der Waals surface area (Å²) < 4.78 is 13.6. The van der Waals surface area contributed by atoms with E-state index in [2.05, 4.69) is 15.9 Å². The number of hydrogen-bond acceptors (Lipinski definition) is 1.